The first-order valence-corrected chi connectivity index (χ1v) is 13.5. The Bertz CT molecular complexity index is 1330. The number of ether oxygens (including phenoxy) is 1. The number of quaternary nitrogens is 1. The molecule has 1 amide bonds. The Morgan fingerprint density at radius 3 is 1.77 bits per heavy atom. The predicted molar refractivity (Wildman–Crippen MR) is 153 cm³/mol. The van der Waals surface area contributed by atoms with Crippen LogP contribution in [0.2, 0.25) is 0 Å². The minimum atomic E-state index is -0.869. The molecule has 0 aliphatic carbocycles. The van der Waals surface area contributed by atoms with Crippen LogP contribution in [0.15, 0.2) is 121 Å². The van der Waals surface area contributed by atoms with Crippen LogP contribution < -0.4 is 9.80 Å². The lowest BCUT2D eigenvalue weighted by molar-refractivity contribution is -0.949. The van der Waals surface area contributed by atoms with Crippen LogP contribution in [-0.4, -0.2) is 24.5 Å². The van der Waals surface area contributed by atoms with Gasteiger partial charge in [0.1, 0.15) is 13.1 Å². The van der Waals surface area contributed by atoms with Crippen LogP contribution in [0.1, 0.15) is 36.6 Å². The topological polar surface area (TPSA) is 51.0 Å². The summed E-state index contributed by atoms with van der Waals surface area (Å²) >= 11 is 0. The lowest BCUT2D eigenvalue weighted by atomic mass is 9.89. The van der Waals surface area contributed by atoms with E-state index in [0.717, 1.165) is 27.3 Å². The fraction of sp³-hybridized carbons (Fsp3) is 0.235. The summed E-state index contributed by atoms with van der Waals surface area (Å²) in [5, 5.41) is 0. The highest BCUT2D eigenvalue weighted by Crippen LogP contribution is 2.36. The SMILES string of the molecule is CC1(C)CN(c2ccccc2)C(=O)[C@@H]1OC(=O)[C@@H](c1ccccc1)[NH+](Cc1ccccc1)Cc1ccccc1. The maximum absolute atomic E-state index is 14.2. The molecule has 4 aromatic rings. The van der Waals surface area contributed by atoms with E-state index < -0.39 is 17.6 Å². The lowest BCUT2D eigenvalue weighted by Crippen LogP contribution is -3.10. The minimum absolute atomic E-state index is 0.181. The molecule has 1 fully saturated rings. The van der Waals surface area contributed by atoms with Crippen molar-refractivity contribution in [2.75, 3.05) is 11.4 Å². The number of hydrogen-bond donors (Lipinski definition) is 1. The lowest BCUT2D eigenvalue weighted by Gasteiger charge is -2.30. The number of hydrogen-bond acceptors (Lipinski definition) is 3. The zero-order chi connectivity index (χ0) is 27.2. The molecule has 0 bridgehead atoms. The second kappa shape index (κ2) is 11.7. The molecule has 0 aromatic heterocycles. The summed E-state index contributed by atoms with van der Waals surface area (Å²) in [6.07, 6.45) is -0.869. The van der Waals surface area contributed by atoms with Crippen LogP contribution in [0.4, 0.5) is 5.69 Å². The second-order valence-corrected chi connectivity index (χ2v) is 10.9. The third-order valence-corrected chi connectivity index (χ3v) is 7.39. The van der Waals surface area contributed by atoms with Crippen LogP contribution >= 0.6 is 0 Å². The molecule has 0 radical (unpaired) electrons. The zero-order valence-electron chi connectivity index (χ0n) is 22.5. The normalized spacial score (nSPS) is 17.3. The van der Waals surface area contributed by atoms with Gasteiger partial charge in [-0.1, -0.05) is 123 Å². The second-order valence-electron chi connectivity index (χ2n) is 10.9. The molecule has 1 aliphatic rings. The monoisotopic (exact) mass is 519 g/mol. The number of amides is 1. The number of nitrogens with one attached hydrogen (secondary N) is 1. The van der Waals surface area contributed by atoms with Crippen LogP contribution in [-0.2, 0) is 27.4 Å². The highest BCUT2D eigenvalue weighted by molar-refractivity contribution is 6.01. The fourth-order valence-corrected chi connectivity index (χ4v) is 5.43. The van der Waals surface area contributed by atoms with Gasteiger partial charge in [0.05, 0.1) is 0 Å². The summed E-state index contributed by atoms with van der Waals surface area (Å²) in [6, 6.07) is 39.1. The molecule has 1 saturated heterocycles. The molecule has 4 aromatic carbocycles. The smallest absolute Gasteiger partial charge is 0.370 e. The summed E-state index contributed by atoms with van der Waals surface area (Å²) in [5.74, 6) is -0.566. The van der Waals surface area contributed by atoms with Gasteiger partial charge in [-0.3, -0.25) is 4.79 Å². The van der Waals surface area contributed by atoms with Gasteiger partial charge >= 0.3 is 5.97 Å². The molecule has 5 heteroatoms. The Morgan fingerprint density at radius 1 is 0.795 bits per heavy atom. The maximum Gasteiger partial charge on any atom is 0.370 e. The summed E-state index contributed by atoms with van der Waals surface area (Å²) in [7, 11) is 0. The van der Waals surface area contributed by atoms with Crippen molar-refractivity contribution in [2.45, 2.75) is 39.1 Å². The highest BCUT2D eigenvalue weighted by Gasteiger charge is 2.50. The van der Waals surface area contributed by atoms with E-state index in [2.05, 4.69) is 24.3 Å². The number of esters is 1. The van der Waals surface area contributed by atoms with Crippen molar-refractivity contribution < 1.29 is 19.2 Å². The minimum Gasteiger partial charge on any atom is -0.447 e. The highest BCUT2D eigenvalue weighted by atomic mass is 16.6. The van der Waals surface area contributed by atoms with E-state index in [1.165, 1.54) is 0 Å². The van der Waals surface area contributed by atoms with Gasteiger partial charge in [-0.15, -0.1) is 0 Å². The van der Waals surface area contributed by atoms with E-state index in [4.69, 9.17) is 4.74 Å². The van der Waals surface area contributed by atoms with E-state index in [0.29, 0.717) is 19.6 Å². The molecule has 198 valence electrons. The van der Waals surface area contributed by atoms with Crippen LogP contribution in [0.25, 0.3) is 0 Å². The van der Waals surface area contributed by atoms with Gasteiger partial charge in [-0.2, -0.15) is 0 Å². The molecule has 0 spiro atoms. The van der Waals surface area contributed by atoms with E-state index in [9.17, 15) is 9.59 Å². The number of carbonyl (C=O) groups excluding carboxylic acids is 2. The first-order valence-electron chi connectivity index (χ1n) is 13.5. The number of para-hydroxylation sites is 1. The summed E-state index contributed by atoms with van der Waals surface area (Å²) in [6.45, 7) is 5.71. The Hall–Kier alpha value is -4.22. The predicted octanol–water partition coefficient (Wildman–Crippen LogP) is 5.00. The zero-order valence-corrected chi connectivity index (χ0v) is 22.5. The van der Waals surface area contributed by atoms with Gasteiger partial charge < -0.3 is 14.5 Å². The van der Waals surface area contributed by atoms with Gasteiger partial charge in [0.25, 0.3) is 5.91 Å². The van der Waals surface area contributed by atoms with Crippen LogP contribution in [0.3, 0.4) is 0 Å². The standard InChI is InChI=1S/C34H34N2O3/c1-34(2)25-36(29-21-13-6-14-22-29)32(37)31(34)39-33(38)30(28-19-11-5-12-20-28)35(23-26-15-7-3-8-16-26)24-27-17-9-4-10-18-27/h3-22,30-31H,23-25H2,1-2H3/p+1/t30-,31+/m1/s1. The third kappa shape index (κ3) is 6.10. The van der Waals surface area contributed by atoms with E-state index in [-0.39, 0.29) is 11.9 Å². The van der Waals surface area contributed by atoms with E-state index >= 15 is 0 Å². The molecule has 1 N–H and O–H groups in total. The molecule has 1 heterocycles. The van der Waals surface area contributed by atoms with Crippen molar-refractivity contribution in [3.8, 4) is 0 Å². The molecular formula is C34H35N2O3+. The Kier molecular flexibility index (Phi) is 7.89. The Labute approximate surface area is 230 Å². The maximum atomic E-state index is 14.2. The average Bonchev–Trinajstić information content (AvgIpc) is 3.19. The van der Waals surface area contributed by atoms with Crippen molar-refractivity contribution in [1.82, 2.24) is 0 Å². The molecule has 0 saturated carbocycles. The number of rotatable bonds is 9. The first kappa shape index (κ1) is 26.4. The Morgan fingerprint density at radius 2 is 1.26 bits per heavy atom. The average molecular weight is 520 g/mol. The van der Waals surface area contributed by atoms with Gasteiger partial charge in [-0.05, 0) is 12.1 Å². The molecule has 2 atom stereocenters. The van der Waals surface area contributed by atoms with Crippen molar-refractivity contribution in [3.63, 3.8) is 0 Å². The number of anilines is 1. The van der Waals surface area contributed by atoms with Crippen molar-refractivity contribution in [3.05, 3.63) is 138 Å². The summed E-state index contributed by atoms with van der Waals surface area (Å²) in [4.78, 5) is 30.6. The molecule has 0 unspecified atom stereocenters. The molecular weight excluding hydrogens is 484 g/mol. The number of nitrogens with zero attached hydrogens (tertiary/aromatic N) is 1. The molecule has 39 heavy (non-hydrogen) atoms. The van der Waals surface area contributed by atoms with Gasteiger partial charge in [0.2, 0.25) is 6.04 Å². The number of carbonyl (C=O) groups is 2. The van der Waals surface area contributed by atoms with Crippen molar-refractivity contribution >= 4 is 17.6 Å². The van der Waals surface area contributed by atoms with Crippen LogP contribution in [0, 0.1) is 5.41 Å². The summed E-state index contributed by atoms with van der Waals surface area (Å²) < 4.78 is 6.21. The van der Waals surface area contributed by atoms with Gasteiger partial charge in [0.15, 0.2) is 6.10 Å². The van der Waals surface area contributed by atoms with E-state index in [1.54, 1.807) is 4.90 Å². The van der Waals surface area contributed by atoms with Crippen molar-refractivity contribution in [2.24, 2.45) is 5.41 Å². The van der Waals surface area contributed by atoms with Crippen LogP contribution in [0.5, 0.6) is 0 Å². The van der Waals surface area contributed by atoms with Crippen molar-refractivity contribution in [1.29, 1.82) is 0 Å². The molecule has 5 rings (SSSR count). The van der Waals surface area contributed by atoms with E-state index in [1.807, 2.05) is 111 Å². The largest absolute Gasteiger partial charge is 0.447 e. The quantitative estimate of drug-likeness (QED) is 0.317. The summed E-state index contributed by atoms with van der Waals surface area (Å²) in [5.41, 5.74) is 3.40. The van der Waals surface area contributed by atoms with Gasteiger partial charge in [-0.25, -0.2) is 4.79 Å². The Balaban J connectivity index is 1.48. The molecule has 5 nitrogen and oxygen atoms in total. The molecule has 1 aliphatic heterocycles. The number of benzene rings is 4. The third-order valence-electron chi connectivity index (χ3n) is 7.39. The first-order chi connectivity index (χ1) is 18.9. The van der Waals surface area contributed by atoms with Gasteiger partial charge in [0, 0.05) is 34.3 Å². The fourth-order valence-electron chi connectivity index (χ4n) is 5.43.